The Bertz CT molecular complexity index is 469. The zero-order valence-corrected chi connectivity index (χ0v) is 7.19. The summed E-state index contributed by atoms with van der Waals surface area (Å²) in [5, 5.41) is 0. The molecule has 0 fully saturated rings. The summed E-state index contributed by atoms with van der Waals surface area (Å²) >= 11 is 0. The Morgan fingerprint density at radius 3 is 2.29 bits per heavy atom. The third kappa shape index (κ3) is 1.10. The molecule has 0 N–H and O–H groups in total. The highest BCUT2D eigenvalue weighted by molar-refractivity contribution is 6.31. The van der Waals surface area contributed by atoms with Gasteiger partial charge in [-0.1, -0.05) is 24.3 Å². The summed E-state index contributed by atoms with van der Waals surface area (Å²) < 4.78 is 0. The van der Waals surface area contributed by atoms with Crippen molar-refractivity contribution in [3.63, 3.8) is 0 Å². The molecule has 2 rings (SSSR count). The maximum atomic E-state index is 11.5. The van der Waals surface area contributed by atoms with Crippen molar-refractivity contribution < 1.29 is 14.4 Å². The van der Waals surface area contributed by atoms with Crippen LogP contribution in [0.5, 0.6) is 0 Å². The van der Waals surface area contributed by atoms with E-state index < -0.39 is 0 Å². The zero-order chi connectivity index (χ0) is 10.1. The minimum atomic E-state index is -0.379. The van der Waals surface area contributed by atoms with E-state index in [0.717, 1.165) is 6.08 Å². The van der Waals surface area contributed by atoms with Gasteiger partial charge in [0.15, 0.2) is 17.9 Å². The second-order valence-corrected chi connectivity index (χ2v) is 2.96. The number of hydrogen-bond acceptors (Lipinski definition) is 3. The van der Waals surface area contributed by atoms with Gasteiger partial charge in [0, 0.05) is 17.2 Å². The van der Waals surface area contributed by atoms with E-state index in [4.69, 9.17) is 0 Å². The Hall–Kier alpha value is -2.03. The third-order valence-corrected chi connectivity index (χ3v) is 2.11. The number of carbonyl (C=O) groups is 3. The number of hydrogen-bond donors (Lipinski definition) is 0. The molecule has 0 unspecified atom stereocenters. The van der Waals surface area contributed by atoms with Crippen molar-refractivity contribution in [3.05, 3.63) is 47.0 Å². The molecule has 0 heterocycles. The topological polar surface area (TPSA) is 51.2 Å². The molecule has 3 heteroatoms. The minimum Gasteiger partial charge on any atom is -0.298 e. The third-order valence-electron chi connectivity index (χ3n) is 2.11. The van der Waals surface area contributed by atoms with Gasteiger partial charge >= 0.3 is 0 Å². The van der Waals surface area contributed by atoms with E-state index in [0.29, 0.717) is 17.4 Å². The lowest BCUT2D eigenvalue weighted by Crippen LogP contribution is -2.17. The Morgan fingerprint density at radius 2 is 1.64 bits per heavy atom. The molecule has 0 radical (unpaired) electrons. The zero-order valence-electron chi connectivity index (χ0n) is 7.19. The smallest absolute Gasteiger partial charge is 0.197 e. The molecule has 14 heavy (non-hydrogen) atoms. The lowest BCUT2D eigenvalue weighted by atomic mass is 9.90. The van der Waals surface area contributed by atoms with Crippen molar-refractivity contribution in [2.45, 2.75) is 0 Å². The Balaban J connectivity index is 2.66. The highest BCUT2D eigenvalue weighted by Crippen LogP contribution is 2.19. The van der Waals surface area contributed by atoms with E-state index in [-0.39, 0.29) is 17.1 Å². The first-order chi connectivity index (χ1) is 6.74. The van der Waals surface area contributed by atoms with Crippen LogP contribution < -0.4 is 0 Å². The van der Waals surface area contributed by atoms with Crippen LogP contribution in [0, 0.1) is 0 Å². The normalized spacial score (nSPS) is 14.7. The summed E-state index contributed by atoms with van der Waals surface area (Å²) in [5.74, 6) is -0.669. The van der Waals surface area contributed by atoms with Gasteiger partial charge in [0.25, 0.3) is 0 Å². The van der Waals surface area contributed by atoms with Crippen LogP contribution in [-0.2, 0) is 4.79 Å². The number of carbonyl (C=O) groups excluding carboxylic acids is 3. The molecule has 68 valence electrons. The van der Waals surface area contributed by atoms with E-state index in [2.05, 4.69) is 0 Å². The average molecular weight is 186 g/mol. The van der Waals surface area contributed by atoms with Crippen molar-refractivity contribution in [2.24, 2.45) is 0 Å². The van der Waals surface area contributed by atoms with Crippen LogP contribution in [0.25, 0.3) is 0 Å². The molecule has 1 aromatic rings. The number of allylic oxidation sites excluding steroid dienone is 2. The highest BCUT2D eigenvalue weighted by atomic mass is 16.1. The summed E-state index contributed by atoms with van der Waals surface area (Å²) in [6, 6.07) is 6.47. The van der Waals surface area contributed by atoms with Gasteiger partial charge in [0.2, 0.25) is 0 Å². The number of aldehydes is 1. The van der Waals surface area contributed by atoms with Crippen LogP contribution in [0.4, 0.5) is 0 Å². The molecule has 0 aliphatic heterocycles. The molecule has 1 aliphatic carbocycles. The van der Waals surface area contributed by atoms with Gasteiger partial charge in [0.05, 0.1) is 5.57 Å². The van der Waals surface area contributed by atoms with Crippen LogP contribution in [0.1, 0.15) is 20.7 Å². The first-order valence-corrected chi connectivity index (χ1v) is 4.09. The number of ketones is 2. The van der Waals surface area contributed by atoms with Crippen molar-refractivity contribution in [1.29, 1.82) is 0 Å². The SMILES string of the molecule is O=CC1=CC(=O)c2ccccc2C1=O. The maximum absolute atomic E-state index is 11.5. The van der Waals surface area contributed by atoms with Gasteiger partial charge in [-0.3, -0.25) is 14.4 Å². The Labute approximate surface area is 80.0 Å². The fourth-order valence-corrected chi connectivity index (χ4v) is 1.42. The molecular formula is C11H6O3. The lowest BCUT2D eigenvalue weighted by molar-refractivity contribution is -0.104. The van der Waals surface area contributed by atoms with Gasteiger partial charge in [-0.05, 0) is 0 Å². The molecule has 0 amide bonds. The van der Waals surface area contributed by atoms with Gasteiger partial charge in [-0.25, -0.2) is 0 Å². The molecular weight excluding hydrogens is 180 g/mol. The number of fused-ring (bicyclic) bond motifs is 1. The van der Waals surface area contributed by atoms with E-state index >= 15 is 0 Å². The predicted molar refractivity (Wildman–Crippen MR) is 49.3 cm³/mol. The average Bonchev–Trinajstić information content (AvgIpc) is 2.23. The van der Waals surface area contributed by atoms with Crippen molar-refractivity contribution in [2.75, 3.05) is 0 Å². The van der Waals surface area contributed by atoms with Gasteiger partial charge in [-0.2, -0.15) is 0 Å². The number of rotatable bonds is 1. The quantitative estimate of drug-likeness (QED) is 0.489. The minimum absolute atomic E-state index is 0.0753. The van der Waals surface area contributed by atoms with Crippen LogP contribution in [0.15, 0.2) is 35.9 Å². The molecule has 0 atom stereocenters. The first-order valence-electron chi connectivity index (χ1n) is 4.09. The van der Waals surface area contributed by atoms with Crippen LogP contribution in [-0.4, -0.2) is 17.9 Å². The summed E-state index contributed by atoms with van der Waals surface area (Å²) in [5.41, 5.74) is 0.596. The van der Waals surface area contributed by atoms with Crippen molar-refractivity contribution in [3.8, 4) is 0 Å². The van der Waals surface area contributed by atoms with E-state index in [1.54, 1.807) is 24.3 Å². The molecule has 1 aromatic carbocycles. The van der Waals surface area contributed by atoms with Crippen molar-refractivity contribution >= 4 is 17.9 Å². The Morgan fingerprint density at radius 1 is 1.00 bits per heavy atom. The van der Waals surface area contributed by atoms with Crippen LogP contribution in [0.3, 0.4) is 0 Å². The fraction of sp³-hybridized carbons (Fsp3) is 0. The molecule has 3 nitrogen and oxygen atoms in total. The molecule has 0 bridgehead atoms. The molecule has 1 aliphatic rings. The van der Waals surface area contributed by atoms with E-state index in [9.17, 15) is 14.4 Å². The van der Waals surface area contributed by atoms with E-state index in [1.165, 1.54) is 0 Å². The highest BCUT2D eigenvalue weighted by Gasteiger charge is 2.24. The first kappa shape index (κ1) is 8.56. The molecule has 0 saturated carbocycles. The second kappa shape index (κ2) is 3.03. The van der Waals surface area contributed by atoms with Crippen LogP contribution in [0.2, 0.25) is 0 Å². The summed E-state index contributed by atoms with van der Waals surface area (Å²) in [7, 11) is 0. The molecule has 0 spiro atoms. The lowest BCUT2D eigenvalue weighted by Gasteiger charge is -2.10. The number of Topliss-reactive ketones (excluding diaryl/α,β-unsaturated/α-hetero) is 1. The maximum Gasteiger partial charge on any atom is 0.197 e. The standard InChI is InChI=1S/C11H6O3/c12-6-7-5-10(13)8-3-1-2-4-9(8)11(7)14/h1-6H. The number of benzene rings is 1. The predicted octanol–water partition coefficient (Wildman–Crippen LogP) is 1.19. The molecule has 0 aromatic heterocycles. The van der Waals surface area contributed by atoms with Gasteiger partial charge < -0.3 is 0 Å². The summed E-state index contributed by atoms with van der Waals surface area (Å²) in [6.45, 7) is 0. The van der Waals surface area contributed by atoms with Gasteiger partial charge in [-0.15, -0.1) is 0 Å². The second-order valence-electron chi connectivity index (χ2n) is 2.96. The van der Waals surface area contributed by atoms with E-state index in [1.807, 2.05) is 0 Å². The van der Waals surface area contributed by atoms with Gasteiger partial charge in [0.1, 0.15) is 0 Å². The van der Waals surface area contributed by atoms with Crippen molar-refractivity contribution in [1.82, 2.24) is 0 Å². The summed E-state index contributed by atoms with van der Waals surface area (Å²) in [6.07, 6.45) is 1.49. The fourth-order valence-electron chi connectivity index (χ4n) is 1.42. The van der Waals surface area contributed by atoms with Crippen LogP contribution >= 0.6 is 0 Å². The summed E-state index contributed by atoms with van der Waals surface area (Å²) in [4.78, 5) is 33.4. The Kier molecular flexibility index (Phi) is 1.85. The largest absolute Gasteiger partial charge is 0.298 e. The monoisotopic (exact) mass is 186 g/mol. The molecule has 0 saturated heterocycles.